The van der Waals surface area contributed by atoms with Gasteiger partial charge < -0.3 is 10.8 Å². The maximum atomic E-state index is 13.7. The van der Waals surface area contributed by atoms with Crippen molar-refractivity contribution in [3.63, 3.8) is 0 Å². The van der Waals surface area contributed by atoms with E-state index >= 15 is 0 Å². The SMILES string of the molecule is NC1(c2c(F)ccc(F)c2O)CCCCC1. The number of nitrogens with two attached hydrogens (primary N) is 1. The Bertz CT molecular complexity index is 400. The smallest absolute Gasteiger partial charge is 0.165 e. The lowest BCUT2D eigenvalue weighted by atomic mass is 9.77. The summed E-state index contributed by atoms with van der Waals surface area (Å²) in [5.41, 5.74) is 5.10. The number of aromatic hydroxyl groups is 1. The van der Waals surface area contributed by atoms with Gasteiger partial charge in [0.2, 0.25) is 0 Å². The zero-order valence-corrected chi connectivity index (χ0v) is 8.97. The molecule has 1 aliphatic rings. The molecule has 1 saturated carbocycles. The van der Waals surface area contributed by atoms with Crippen LogP contribution in [-0.4, -0.2) is 5.11 Å². The number of rotatable bonds is 1. The van der Waals surface area contributed by atoms with Crippen LogP contribution in [0.25, 0.3) is 0 Å². The van der Waals surface area contributed by atoms with Crippen molar-refractivity contribution in [1.82, 2.24) is 0 Å². The fraction of sp³-hybridized carbons (Fsp3) is 0.500. The average molecular weight is 227 g/mol. The normalized spacial score (nSPS) is 19.7. The van der Waals surface area contributed by atoms with Gasteiger partial charge in [-0.25, -0.2) is 8.78 Å². The fourth-order valence-electron chi connectivity index (χ4n) is 2.45. The summed E-state index contributed by atoms with van der Waals surface area (Å²) >= 11 is 0. The van der Waals surface area contributed by atoms with E-state index < -0.39 is 22.9 Å². The first-order valence-electron chi connectivity index (χ1n) is 5.51. The monoisotopic (exact) mass is 227 g/mol. The standard InChI is InChI=1S/C12H15F2NO/c13-8-4-5-9(14)11(16)10(8)12(15)6-2-1-3-7-12/h4-5,16H,1-3,6-7,15H2. The minimum atomic E-state index is -0.922. The van der Waals surface area contributed by atoms with Crippen molar-refractivity contribution in [2.75, 3.05) is 0 Å². The molecule has 0 unspecified atom stereocenters. The predicted molar refractivity (Wildman–Crippen MR) is 57.0 cm³/mol. The predicted octanol–water partition coefficient (Wildman–Crippen LogP) is 2.79. The van der Waals surface area contributed by atoms with E-state index in [1.165, 1.54) is 0 Å². The van der Waals surface area contributed by atoms with Crippen LogP contribution in [0.5, 0.6) is 5.75 Å². The summed E-state index contributed by atoms with van der Waals surface area (Å²) in [5.74, 6) is -2.07. The maximum Gasteiger partial charge on any atom is 0.165 e. The minimum Gasteiger partial charge on any atom is -0.505 e. The van der Waals surface area contributed by atoms with Crippen molar-refractivity contribution in [3.05, 3.63) is 29.3 Å². The van der Waals surface area contributed by atoms with Crippen LogP contribution in [0.4, 0.5) is 8.78 Å². The molecule has 0 aromatic heterocycles. The van der Waals surface area contributed by atoms with Gasteiger partial charge in [0.1, 0.15) is 5.82 Å². The Hall–Kier alpha value is -1.16. The second-order valence-corrected chi connectivity index (χ2v) is 4.47. The van der Waals surface area contributed by atoms with Gasteiger partial charge in [-0.15, -0.1) is 0 Å². The highest BCUT2D eigenvalue weighted by atomic mass is 19.1. The van der Waals surface area contributed by atoms with Crippen LogP contribution in [-0.2, 0) is 5.54 Å². The summed E-state index contributed by atoms with van der Waals surface area (Å²) in [4.78, 5) is 0. The first kappa shape index (κ1) is 11.3. The first-order chi connectivity index (χ1) is 7.54. The summed E-state index contributed by atoms with van der Waals surface area (Å²) in [6.45, 7) is 0. The highest BCUT2D eigenvalue weighted by Crippen LogP contribution is 2.41. The molecule has 16 heavy (non-hydrogen) atoms. The Morgan fingerprint density at radius 2 is 1.62 bits per heavy atom. The highest BCUT2D eigenvalue weighted by molar-refractivity contribution is 5.40. The van der Waals surface area contributed by atoms with Crippen molar-refractivity contribution in [3.8, 4) is 5.75 Å². The molecular formula is C12H15F2NO. The number of halogens is 2. The fourth-order valence-corrected chi connectivity index (χ4v) is 2.45. The molecule has 4 heteroatoms. The first-order valence-corrected chi connectivity index (χ1v) is 5.51. The van der Waals surface area contributed by atoms with Gasteiger partial charge in [0.15, 0.2) is 11.6 Å². The number of hydrogen-bond donors (Lipinski definition) is 2. The molecule has 1 aromatic carbocycles. The lowest BCUT2D eigenvalue weighted by molar-refractivity contribution is 0.278. The van der Waals surface area contributed by atoms with Gasteiger partial charge in [0.05, 0.1) is 5.56 Å². The Morgan fingerprint density at radius 1 is 1.06 bits per heavy atom. The zero-order valence-electron chi connectivity index (χ0n) is 8.97. The van der Waals surface area contributed by atoms with Gasteiger partial charge in [-0.3, -0.25) is 0 Å². The van der Waals surface area contributed by atoms with Crippen LogP contribution >= 0.6 is 0 Å². The average Bonchev–Trinajstić information content (AvgIpc) is 2.25. The van der Waals surface area contributed by atoms with Crippen molar-refractivity contribution in [2.24, 2.45) is 5.73 Å². The highest BCUT2D eigenvalue weighted by Gasteiger charge is 2.35. The van der Waals surface area contributed by atoms with Crippen molar-refractivity contribution in [1.29, 1.82) is 0 Å². The number of benzene rings is 1. The van der Waals surface area contributed by atoms with Crippen LogP contribution < -0.4 is 5.73 Å². The minimum absolute atomic E-state index is 0.0628. The van der Waals surface area contributed by atoms with Crippen LogP contribution in [0, 0.1) is 11.6 Å². The molecule has 1 aromatic rings. The molecule has 3 N–H and O–H groups in total. The van der Waals surface area contributed by atoms with E-state index in [0.717, 1.165) is 31.4 Å². The Kier molecular flexibility index (Phi) is 2.84. The largest absolute Gasteiger partial charge is 0.505 e. The Balaban J connectivity index is 2.49. The number of hydrogen-bond acceptors (Lipinski definition) is 2. The summed E-state index contributed by atoms with van der Waals surface area (Å²) in [7, 11) is 0. The van der Waals surface area contributed by atoms with E-state index in [-0.39, 0.29) is 5.56 Å². The van der Waals surface area contributed by atoms with E-state index in [1.807, 2.05) is 0 Å². The van der Waals surface area contributed by atoms with Crippen molar-refractivity contribution in [2.45, 2.75) is 37.6 Å². The van der Waals surface area contributed by atoms with Gasteiger partial charge in [-0.1, -0.05) is 19.3 Å². The summed E-state index contributed by atoms with van der Waals surface area (Å²) in [6, 6.07) is 1.94. The quantitative estimate of drug-likeness (QED) is 0.775. The number of phenolic OH excluding ortho intramolecular Hbond substituents is 1. The molecule has 0 aliphatic heterocycles. The molecule has 0 spiro atoms. The molecule has 2 nitrogen and oxygen atoms in total. The van der Waals surface area contributed by atoms with E-state index in [0.29, 0.717) is 12.8 Å². The van der Waals surface area contributed by atoms with Crippen LogP contribution in [0.1, 0.15) is 37.7 Å². The molecular weight excluding hydrogens is 212 g/mol. The van der Waals surface area contributed by atoms with Crippen molar-refractivity contribution < 1.29 is 13.9 Å². The molecule has 0 bridgehead atoms. The van der Waals surface area contributed by atoms with Crippen molar-refractivity contribution >= 4 is 0 Å². The van der Waals surface area contributed by atoms with Gasteiger partial charge >= 0.3 is 0 Å². The Labute approximate surface area is 93.1 Å². The van der Waals surface area contributed by atoms with Gasteiger partial charge in [0.25, 0.3) is 0 Å². The summed E-state index contributed by atoms with van der Waals surface area (Å²) < 4.78 is 26.9. The molecule has 1 fully saturated rings. The summed E-state index contributed by atoms with van der Waals surface area (Å²) in [5, 5.41) is 9.60. The van der Waals surface area contributed by atoms with Crippen LogP contribution in [0.2, 0.25) is 0 Å². The van der Waals surface area contributed by atoms with E-state index in [1.54, 1.807) is 0 Å². The molecule has 0 amide bonds. The van der Waals surface area contributed by atoms with Gasteiger partial charge in [0, 0.05) is 5.54 Å². The molecule has 0 saturated heterocycles. The summed E-state index contributed by atoms with van der Waals surface area (Å²) in [6.07, 6.45) is 3.98. The third-order valence-corrected chi connectivity index (χ3v) is 3.32. The van der Waals surface area contributed by atoms with Gasteiger partial charge in [-0.2, -0.15) is 0 Å². The molecule has 0 heterocycles. The topological polar surface area (TPSA) is 46.2 Å². The van der Waals surface area contributed by atoms with E-state index in [9.17, 15) is 13.9 Å². The lowest BCUT2D eigenvalue weighted by Gasteiger charge is -2.34. The lowest BCUT2D eigenvalue weighted by Crippen LogP contribution is -2.39. The van der Waals surface area contributed by atoms with Crippen LogP contribution in [0.15, 0.2) is 12.1 Å². The third-order valence-electron chi connectivity index (χ3n) is 3.32. The van der Waals surface area contributed by atoms with Gasteiger partial charge in [-0.05, 0) is 25.0 Å². The Morgan fingerprint density at radius 3 is 2.25 bits per heavy atom. The molecule has 88 valence electrons. The third kappa shape index (κ3) is 1.78. The maximum absolute atomic E-state index is 13.7. The van der Waals surface area contributed by atoms with Crippen LogP contribution in [0.3, 0.4) is 0 Å². The van der Waals surface area contributed by atoms with E-state index in [2.05, 4.69) is 0 Å². The molecule has 2 rings (SSSR count). The second-order valence-electron chi connectivity index (χ2n) is 4.47. The molecule has 0 atom stereocenters. The van der Waals surface area contributed by atoms with E-state index in [4.69, 9.17) is 5.73 Å². The second kappa shape index (κ2) is 4.01. The molecule has 0 radical (unpaired) electrons. The number of phenols is 1. The molecule has 1 aliphatic carbocycles. The zero-order chi connectivity index (χ0) is 11.8.